The van der Waals surface area contributed by atoms with Crippen molar-refractivity contribution < 1.29 is 0 Å². The van der Waals surface area contributed by atoms with Gasteiger partial charge >= 0.3 is 0 Å². The summed E-state index contributed by atoms with van der Waals surface area (Å²) in [5, 5.41) is 0. The molecule has 2 heteroatoms. The first-order valence-corrected chi connectivity index (χ1v) is 10.9. The van der Waals surface area contributed by atoms with E-state index >= 15 is 0 Å². The minimum atomic E-state index is 0.902. The summed E-state index contributed by atoms with van der Waals surface area (Å²) in [6, 6.07) is 6.23. The number of quaternary nitrogens is 1. The Bertz CT molecular complexity index is 400. The van der Waals surface area contributed by atoms with Gasteiger partial charge in [-0.3, -0.25) is 4.48 Å². The molecule has 0 atom stereocenters. The van der Waals surface area contributed by atoms with Crippen molar-refractivity contribution in [2.75, 3.05) is 20.6 Å². The summed E-state index contributed by atoms with van der Waals surface area (Å²) in [4.78, 5) is 4.51. The van der Waals surface area contributed by atoms with Crippen LogP contribution in [0.2, 0.25) is 0 Å². The molecule has 0 saturated carbocycles. The molecule has 0 fully saturated rings. The third kappa shape index (κ3) is 11.4. The number of pyridine rings is 1. The Morgan fingerprint density at radius 3 is 1.60 bits per heavy atom. The van der Waals surface area contributed by atoms with E-state index in [1.165, 1.54) is 102 Å². The van der Waals surface area contributed by atoms with Crippen molar-refractivity contribution in [3.05, 3.63) is 24.4 Å². The highest BCUT2D eigenvalue weighted by molar-refractivity contribution is 5.31. The molecule has 0 unspecified atom stereocenters. The van der Waals surface area contributed by atoms with Crippen molar-refractivity contribution in [3.8, 4) is 0 Å². The van der Waals surface area contributed by atoms with E-state index < -0.39 is 0 Å². The molecule has 0 radical (unpaired) electrons. The van der Waals surface area contributed by atoms with Crippen molar-refractivity contribution in [1.29, 1.82) is 0 Å². The van der Waals surface area contributed by atoms with E-state index in [0.29, 0.717) is 0 Å². The maximum absolute atomic E-state index is 4.51. The van der Waals surface area contributed by atoms with E-state index in [1.807, 2.05) is 12.3 Å². The molecule has 1 heterocycles. The van der Waals surface area contributed by atoms with Crippen molar-refractivity contribution in [3.63, 3.8) is 0 Å². The van der Waals surface area contributed by atoms with Crippen LogP contribution in [0.1, 0.15) is 96.8 Å². The summed E-state index contributed by atoms with van der Waals surface area (Å²) in [6.07, 6.45) is 21.8. The zero-order chi connectivity index (χ0) is 18.2. The molecule has 1 aromatic heterocycles. The van der Waals surface area contributed by atoms with Crippen LogP contribution in [0.25, 0.3) is 0 Å². The molecule has 0 spiro atoms. The first-order chi connectivity index (χ1) is 12.2. The minimum Gasteiger partial charge on any atom is -0.279 e. The van der Waals surface area contributed by atoms with Crippen LogP contribution in [-0.2, 0) is 0 Å². The van der Waals surface area contributed by atoms with Crippen molar-refractivity contribution >= 4 is 5.82 Å². The highest BCUT2D eigenvalue weighted by Crippen LogP contribution is 2.17. The number of unbranched alkanes of at least 4 members (excludes halogenated alkanes) is 13. The fraction of sp³-hybridized carbons (Fsp3) is 0.783. The lowest BCUT2D eigenvalue weighted by atomic mass is 10.0. The number of hydrogen-bond donors (Lipinski definition) is 0. The number of nitrogens with zero attached hydrogens (tertiary/aromatic N) is 2. The fourth-order valence-electron chi connectivity index (χ4n) is 3.53. The van der Waals surface area contributed by atoms with Crippen LogP contribution in [0.5, 0.6) is 0 Å². The van der Waals surface area contributed by atoms with E-state index in [9.17, 15) is 0 Å². The highest BCUT2D eigenvalue weighted by Gasteiger charge is 2.18. The molecule has 2 nitrogen and oxygen atoms in total. The van der Waals surface area contributed by atoms with Crippen molar-refractivity contribution in [2.45, 2.75) is 96.8 Å². The van der Waals surface area contributed by atoms with E-state index in [1.54, 1.807) is 0 Å². The lowest BCUT2D eigenvalue weighted by Gasteiger charge is -2.27. The minimum absolute atomic E-state index is 0.902. The smallest absolute Gasteiger partial charge is 0.227 e. The Balaban J connectivity index is 1.87. The fourth-order valence-corrected chi connectivity index (χ4v) is 3.53. The maximum Gasteiger partial charge on any atom is 0.227 e. The third-order valence-corrected chi connectivity index (χ3v) is 5.34. The Morgan fingerprint density at radius 1 is 0.680 bits per heavy atom. The summed E-state index contributed by atoms with van der Waals surface area (Å²) < 4.78 is 0.902. The monoisotopic (exact) mass is 347 g/mol. The summed E-state index contributed by atoms with van der Waals surface area (Å²) >= 11 is 0. The van der Waals surface area contributed by atoms with Crippen LogP contribution < -0.4 is 4.48 Å². The molecule has 0 amide bonds. The third-order valence-electron chi connectivity index (χ3n) is 5.34. The standard InChI is InChI=1S/C23H43N2/c1-4-5-6-7-8-9-10-11-12-13-14-15-16-19-22-25(2,3)23-20-17-18-21-24-23/h17-18,20-21H,4-16,19,22H2,1-3H3/q+1. The van der Waals surface area contributed by atoms with Gasteiger partial charge in [0.25, 0.3) is 0 Å². The lowest BCUT2D eigenvalue weighted by molar-refractivity contribution is 0.372. The summed E-state index contributed by atoms with van der Waals surface area (Å²) in [5.41, 5.74) is 0. The SMILES string of the molecule is CCCCCCCCCCCCCCCC[N+](C)(C)c1ccccn1. The van der Waals surface area contributed by atoms with Gasteiger partial charge in [-0.2, -0.15) is 0 Å². The topological polar surface area (TPSA) is 12.9 Å². The first-order valence-electron chi connectivity index (χ1n) is 10.9. The van der Waals surface area contributed by atoms with Gasteiger partial charge in [-0.15, -0.1) is 0 Å². The van der Waals surface area contributed by atoms with Gasteiger partial charge in [-0.1, -0.05) is 90.0 Å². The van der Waals surface area contributed by atoms with E-state index in [2.05, 4.69) is 38.1 Å². The average molecular weight is 348 g/mol. The van der Waals surface area contributed by atoms with Crippen LogP contribution in [0, 0.1) is 0 Å². The molecule has 0 aliphatic rings. The highest BCUT2D eigenvalue weighted by atomic mass is 15.3. The van der Waals surface area contributed by atoms with Gasteiger partial charge in [0, 0.05) is 12.3 Å². The van der Waals surface area contributed by atoms with Gasteiger partial charge in [0.15, 0.2) is 0 Å². The number of rotatable bonds is 16. The maximum atomic E-state index is 4.51. The second kappa shape index (κ2) is 14.3. The van der Waals surface area contributed by atoms with Gasteiger partial charge in [0.1, 0.15) is 0 Å². The van der Waals surface area contributed by atoms with Crippen molar-refractivity contribution in [1.82, 2.24) is 9.47 Å². The molecule has 25 heavy (non-hydrogen) atoms. The molecule has 0 N–H and O–H groups in total. The Morgan fingerprint density at radius 2 is 1.16 bits per heavy atom. The van der Waals surface area contributed by atoms with E-state index in [4.69, 9.17) is 0 Å². The van der Waals surface area contributed by atoms with Gasteiger partial charge in [-0.25, -0.2) is 4.98 Å². The second-order valence-electron chi connectivity index (χ2n) is 8.19. The summed E-state index contributed by atoms with van der Waals surface area (Å²) in [6.45, 7) is 3.48. The zero-order valence-corrected chi connectivity index (χ0v) is 17.3. The zero-order valence-electron chi connectivity index (χ0n) is 17.3. The quantitative estimate of drug-likeness (QED) is 0.229. The average Bonchev–Trinajstić information content (AvgIpc) is 2.63. The molecule has 0 saturated heterocycles. The first kappa shape index (κ1) is 22.2. The predicted octanol–water partition coefficient (Wildman–Crippen LogP) is 7.13. The van der Waals surface area contributed by atoms with Gasteiger partial charge in [0.2, 0.25) is 5.82 Å². The molecule has 1 aromatic rings. The molecule has 0 aliphatic heterocycles. The van der Waals surface area contributed by atoms with Gasteiger partial charge < -0.3 is 0 Å². The Kier molecular flexibility index (Phi) is 12.7. The normalized spacial score (nSPS) is 11.8. The predicted molar refractivity (Wildman–Crippen MR) is 113 cm³/mol. The second-order valence-corrected chi connectivity index (χ2v) is 8.19. The van der Waals surface area contributed by atoms with E-state index in [0.717, 1.165) is 4.48 Å². The molecular formula is C23H43N2+. The molecule has 0 aliphatic carbocycles. The summed E-state index contributed by atoms with van der Waals surface area (Å²) in [5.74, 6) is 1.18. The van der Waals surface area contributed by atoms with Gasteiger partial charge in [-0.05, 0) is 18.9 Å². The van der Waals surface area contributed by atoms with Crippen LogP contribution in [-0.4, -0.2) is 25.6 Å². The largest absolute Gasteiger partial charge is 0.279 e. The molecule has 0 bridgehead atoms. The molecule has 0 aromatic carbocycles. The number of hydrogen-bond acceptors (Lipinski definition) is 1. The van der Waals surface area contributed by atoms with Crippen LogP contribution in [0.3, 0.4) is 0 Å². The summed E-state index contributed by atoms with van der Waals surface area (Å²) in [7, 11) is 4.54. The van der Waals surface area contributed by atoms with E-state index in [-0.39, 0.29) is 0 Å². The molecule has 144 valence electrons. The Labute approximate surface area is 157 Å². The molecular weight excluding hydrogens is 304 g/mol. The Hall–Kier alpha value is -0.890. The van der Waals surface area contributed by atoms with Crippen molar-refractivity contribution in [2.24, 2.45) is 0 Å². The lowest BCUT2D eigenvalue weighted by Crippen LogP contribution is -2.41. The number of aromatic nitrogens is 1. The van der Waals surface area contributed by atoms with Crippen LogP contribution >= 0.6 is 0 Å². The van der Waals surface area contributed by atoms with Crippen LogP contribution in [0.15, 0.2) is 24.4 Å². The van der Waals surface area contributed by atoms with Gasteiger partial charge in [0.05, 0.1) is 20.6 Å². The molecule has 1 rings (SSSR count). The van der Waals surface area contributed by atoms with Crippen LogP contribution in [0.4, 0.5) is 5.82 Å².